The minimum atomic E-state index is -3.78. The number of nitrogens with zero attached hydrogens (tertiary/aromatic N) is 2. The number of carbonyl (C=O) groups excluding carboxylic acids is 1. The average molecular weight is 543 g/mol. The van der Waals surface area contributed by atoms with Gasteiger partial charge in [-0.2, -0.15) is 4.31 Å². The van der Waals surface area contributed by atoms with E-state index in [1.54, 1.807) is 36.5 Å². The summed E-state index contributed by atoms with van der Waals surface area (Å²) in [5, 5.41) is 3.15. The van der Waals surface area contributed by atoms with Gasteiger partial charge in [-0.1, -0.05) is 49.4 Å². The lowest BCUT2D eigenvalue weighted by molar-refractivity contribution is -0.132. The maximum absolute atomic E-state index is 13.5. The number of amides is 1. The van der Waals surface area contributed by atoms with E-state index in [4.69, 9.17) is 9.47 Å². The molecular weight excluding hydrogens is 508 g/mol. The molecule has 0 aliphatic carbocycles. The molecule has 0 saturated carbocycles. The Morgan fingerprint density at radius 3 is 2.38 bits per heavy atom. The van der Waals surface area contributed by atoms with E-state index in [0.717, 1.165) is 16.0 Å². The van der Waals surface area contributed by atoms with Crippen molar-refractivity contribution in [1.29, 1.82) is 0 Å². The Hall–Kier alpha value is -3.14. The Morgan fingerprint density at radius 2 is 1.73 bits per heavy atom. The molecule has 7 nitrogen and oxygen atoms in total. The SMILES string of the molecule is CCCN(CC(=O)N(CCc1ccc(OC)c(OC)c1)Cc1cccs1)S(=O)(=O)/C=C/c1ccccc1. The first-order valence-corrected chi connectivity index (χ1v) is 14.5. The lowest BCUT2D eigenvalue weighted by atomic mass is 10.1. The maximum Gasteiger partial charge on any atom is 0.238 e. The van der Waals surface area contributed by atoms with Gasteiger partial charge in [0.25, 0.3) is 0 Å². The summed E-state index contributed by atoms with van der Waals surface area (Å²) in [5.74, 6) is 1.03. The van der Waals surface area contributed by atoms with Gasteiger partial charge in [-0.25, -0.2) is 8.42 Å². The van der Waals surface area contributed by atoms with E-state index in [-0.39, 0.29) is 19.0 Å². The van der Waals surface area contributed by atoms with Crippen LogP contribution in [0.4, 0.5) is 0 Å². The van der Waals surface area contributed by atoms with Crippen molar-refractivity contribution in [2.24, 2.45) is 0 Å². The minimum absolute atomic E-state index is 0.216. The third kappa shape index (κ3) is 8.45. The molecule has 198 valence electrons. The Bertz CT molecular complexity index is 1260. The molecule has 0 bridgehead atoms. The maximum atomic E-state index is 13.5. The Morgan fingerprint density at radius 1 is 0.973 bits per heavy atom. The molecule has 1 aromatic heterocycles. The molecule has 3 aromatic rings. The summed E-state index contributed by atoms with van der Waals surface area (Å²) in [6.45, 7) is 2.80. The van der Waals surface area contributed by atoms with Gasteiger partial charge < -0.3 is 14.4 Å². The first-order chi connectivity index (χ1) is 17.9. The highest BCUT2D eigenvalue weighted by Crippen LogP contribution is 2.28. The number of hydrogen-bond acceptors (Lipinski definition) is 6. The van der Waals surface area contributed by atoms with Crippen LogP contribution >= 0.6 is 11.3 Å². The van der Waals surface area contributed by atoms with Crippen molar-refractivity contribution >= 4 is 33.3 Å². The Kier molecular flexibility index (Phi) is 10.7. The fourth-order valence-corrected chi connectivity index (χ4v) is 5.74. The topological polar surface area (TPSA) is 76.2 Å². The summed E-state index contributed by atoms with van der Waals surface area (Å²) in [7, 11) is -0.606. The molecule has 0 radical (unpaired) electrons. The van der Waals surface area contributed by atoms with Crippen LogP contribution in [0.1, 0.15) is 29.3 Å². The normalized spacial score (nSPS) is 11.7. The van der Waals surface area contributed by atoms with Crippen molar-refractivity contribution < 1.29 is 22.7 Å². The molecule has 0 spiro atoms. The fourth-order valence-electron chi connectivity index (χ4n) is 3.79. The second-order valence-electron chi connectivity index (χ2n) is 8.43. The number of carbonyl (C=O) groups is 1. The molecular formula is C28H34N2O5S2. The van der Waals surface area contributed by atoms with E-state index in [1.807, 2.05) is 73.0 Å². The Balaban J connectivity index is 1.76. The third-order valence-corrected chi connectivity index (χ3v) is 8.15. The first-order valence-electron chi connectivity index (χ1n) is 12.1. The second kappa shape index (κ2) is 14.0. The highest BCUT2D eigenvalue weighted by molar-refractivity contribution is 7.92. The monoisotopic (exact) mass is 542 g/mol. The number of thiophene rings is 1. The zero-order valence-corrected chi connectivity index (χ0v) is 23.1. The smallest absolute Gasteiger partial charge is 0.238 e. The van der Waals surface area contributed by atoms with Gasteiger partial charge in [-0.15, -0.1) is 11.3 Å². The highest BCUT2D eigenvalue weighted by Gasteiger charge is 2.25. The second-order valence-corrected chi connectivity index (χ2v) is 11.3. The van der Waals surface area contributed by atoms with Crippen molar-refractivity contribution in [2.45, 2.75) is 26.3 Å². The van der Waals surface area contributed by atoms with Crippen molar-refractivity contribution in [2.75, 3.05) is 33.9 Å². The number of methoxy groups -OCH3 is 2. The van der Waals surface area contributed by atoms with Crippen molar-refractivity contribution in [1.82, 2.24) is 9.21 Å². The summed E-state index contributed by atoms with van der Waals surface area (Å²) < 4.78 is 38.2. The van der Waals surface area contributed by atoms with Gasteiger partial charge in [0, 0.05) is 23.4 Å². The predicted octanol–water partition coefficient (Wildman–Crippen LogP) is 5.05. The molecule has 0 atom stereocenters. The van der Waals surface area contributed by atoms with Crippen LogP contribution in [0.3, 0.4) is 0 Å². The molecule has 0 fully saturated rings. The van der Waals surface area contributed by atoms with E-state index in [9.17, 15) is 13.2 Å². The van der Waals surface area contributed by atoms with E-state index < -0.39 is 10.0 Å². The standard InChI is InChI=1S/C28H34N2O5S2/c1-4-16-30(37(32,33)19-15-23-9-6-5-7-10-23)22-28(31)29(21-25-11-8-18-36-25)17-14-24-12-13-26(34-2)27(20-24)35-3/h5-13,15,18-20H,4,14,16-17,21-22H2,1-3H3/b19-15+. The molecule has 0 aliphatic rings. The van der Waals surface area contributed by atoms with E-state index in [2.05, 4.69) is 0 Å². The average Bonchev–Trinajstić information content (AvgIpc) is 3.43. The number of ether oxygens (including phenoxy) is 2. The molecule has 2 aromatic carbocycles. The number of hydrogen-bond donors (Lipinski definition) is 0. The van der Waals surface area contributed by atoms with Crippen LogP contribution in [0.15, 0.2) is 71.5 Å². The zero-order chi connectivity index (χ0) is 26.7. The summed E-state index contributed by atoms with van der Waals surface area (Å²) >= 11 is 1.57. The molecule has 1 amide bonds. The first kappa shape index (κ1) is 28.4. The van der Waals surface area contributed by atoms with Gasteiger partial charge in [0.05, 0.1) is 27.3 Å². The predicted molar refractivity (Wildman–Crippen MR) is 149 cm³/mol. The molecule has 0 unspecified atom stereocenters. The lowest BCUT2D eigenvalue weighted by Gasteiger charge is -2.26. The van der Waals surface area contributed by atoms with Crippen molar-refractivity contribution in [3.63, 3.8) is 0 Å². The van der Waals surface area contributed by atoms with E-state index in [0.29, 0.717) is 37.4 Å². The highest BCUT2D eigenvalue weighted by atomic mass is 32.2. The van der Waals surface area contributed by atoms with Crippen molar-refractivity contribution in [3.05, 3.63) is 87.5 Å². The van der Waals surface area contributed by atoms with Gasteiger partial charge >= 0.3 is 0 Å². The van der Waals surface area contributed by atoms with E-state index >= 15 is 0 Å². The molecule has 0 aliphatic heterocycles. The molecule has 0 N–H and O–H groups in total. The summed E-state index contributed by atoms with van der Waals surface area (Å²) in [6.07, 6.45) is 2.75. The quantitative estimate of drug-likeness (QED) is 0.285. The summed E-state index contributed by atoms with van der Waals surface area (Å²) in [4.78, 5) is 16.2. The van der Waals surface area contributed by atoms with Crippen LogP contribution < -0.4 is 9.47 Å². The Labute approximate surface area is 224 Å². The number of rotatable bonds is 14. The number of benzene rings is 2. The minimum Gasteiger partial charge on any atom is -0.493 e. The van der Waals surface area contributed by atoms with Crippen LogP contribution in [0, 0.1) is 0 Å². The van der Waals surface area contributed by atoms with Crippen LogP contribution in [0.5, 0.6) is 11.5 Å². The van der Waals surface area contributed by atoms with Gasteiger partial charge in [-0.3, -0.25) is 4.79 Å². The van der Waals surface area contributed by atoms with E-state index in [1.165, 1.54) is 9.71 Å². The van der Waals surface area contributed by atoms with Crippen LogP contribution in [-0.2, 0) is 27.8 Å². The van der Waals surface area contributed by atoms with Gasteiger partial charge in [0.1, 0.15) is 0 Å². The molecule has 3 rings (SSSR count). The van der Waals surface area contributed by atoms with Crippen LogP contribution in [0.2, 0.25) is 0 Å². The molecule has 37 heavy (non-hydrogen) atoms. The summed E-state index contributed by atoms with van der Waals surface area (Å²) in [5.41, 5.74) is 1.77. The lowest BCUT2D eigenvalue weighted by Crippen LogP contribution is -2.43. The largest absolute Gasteiger partial charge is 0.493 e. The van der Waals surface area contributed by atoms with Crippen molar-refractivity contribution in [3.8, 4) is 11.5 Å². The van der Waals surface area contributed by atoms with Gasteiger partial charge in [0.2, 0.25) is 15.9 Å². The van der Waals surface area contributed by atoms with Crippen LogP contribution in [0.25, 0.3) is 6.08 Å². The van der Waals surface area contributed by atoms with Crippen LogP contribution in [-0.4, -0.2) is 57.4 Å². The molecule has 9 heteroatoms. The van der Waals surface area contributed by atoms with Gasteiger partial charge in [0.15, 0.2) is 11.5 Å². The fraction of sp³-hybridized carbons (Fsp3) is 0.321. The molecule has 0 saturated heterocycles. The van der Waals surface area contributed by atoms with Gasteiger partial charge in [-0.05, 0) is 53.6 Å². The third-order valence-electron chi connectivity index (χ3n) is 5.77. The molecule has 1 heterocycles. The zero-order valence-electron chi connectivity index (χ0n) is 21.5. The number of sulfonamides is 1. The summed E-state index contributed by atoms with van der Waals surface area (Å²) in [6, 6.07) is 18.8.